The third kappa shape index (κ3) is 8.64. The fraction of sp³-hybridized carbons (Fsp3) is 0.714. The third-order valence-electron chi connectivity index (χ3n) is 4.28. The number of nitrogens with zero attached hydrogens (tertiary/aromatic N) is 1. The fourth-order valence-electron chi connectivity index (χ4n) is 3.10. The zero-order chi connectivity index (χ0) is 18.7. The lowest BCUT2D eigenvalue weighted by Gasteiger charge is -2.34. The molecule has 1 unspecified atom stereocenters. The second-order valence-corrected chi connectivity index (χ2v) is 8.76. The van der Waals surface area contributed by atoms with Crippen LogP contribution in [0.25, 0.3) is 0 Å². The van der Waals surface area contributed by atoms with Crippen molar-refractivity contribution in [3.63, 3.8) is 0 Å². The monoisotopic (exact) mass is 367 g/mol. The topological polar surface area (TPSA) is 21.7 Å². The quantitative estimate of drug-likeness (QED) is 0.299. The van der Waals surface area contributed by atoms with Crippen LogP contribution in [0.1, 0.15) is 71.4 Å². The molecule has 0 N–H and O–H groups in total. The van der Waals surface area contributed by atoms with E-state index in [4.69, 9.17) is 9.05 Å². The maximum Gasteiger partial charge on any atom is 0.258 e. The Morgan fingerprint density at radius 1 is 0.880 bits per heavy atom. The van der Waals surface area contributed by atoms with Gasteiger partial charge in [-0.1, -0.05) is 44.0 Å². The summed E-state index contributed by atoms with van der Waals surface area (Å²) in [5.41, 5.74) is 2.90. The normalized spacial score (nSPS) is 13.2. The summed E-state index contributed by atoms with van der Waals surface area (Å²) in [4.78, 5) is 0. The Hall–Kier alpha value is -0.470. The van der Waals surface area contributed by atoms with Gasteiger partial charge in [0.2, 0.25) is 0 Å². The lowest BCUT2D eigenvalue weighted by atomic mass is 10.0. The number of unbranched alkanes of at least 4 members (excludes halogenated alkanes) is 2. The maximum atomic E-state index is 6.04. The van der Waals surface area contributed by atoms with E-state index in [2.05, 4.69) is 63.6 Å². The molecule has 144 valence electrons. The minimum Gasteiger partial charge on any atom is -0.325 e. The number of hydrogen-bond acceptors (Lipinski definition) is 3. The van der Waals surface area contributed by atoms with E-state index >= 15 is 0 Å². The molecule has 0 saturated carbocycles. The van der Waals surface area contributed by atoms with E-state index in [1.165, 1.54) is 36.8 Å². The van der Waals surface area contributed by atoms with Crippen LogP contribution >= 0.6 is 8.53 Å². The molecule has 0 bridgehead atoms. The minimum absolute atomic E-state index is 0.432. The predicted molar refractivity (Wildman–Crippen MR) is 110 cm³/mol. The Bertz CT molecular complexity index is 440. The lowest BCUT2D eigenvalue weighted by molar-refractivity contribution is 0.192. The average Bonchev–Trinajstić information content (AvgIpc) is 2.57. The molecule has 3 nitrogen and oxygen atoms in total. The Balaban J connectivity index is 2.24. The fourth-order valence-corrected chi connectivity index (χ4v) is 4.57. The first-order valence-electron chi connectivity index (χ1n) is 9.82. The Morgan fingerprint density at radius 3 is 1.92 bits per heavy atom. The summed E-state index contributed by atoms with van der Waals surface area (Å²) in [5, 5.41) is 0. The van der Waals surface area contributed by atoms with Crippen molar-refractivity contribution >= 4 is 8.53 Å². The molecular weight excluding hydrogens is 329 g/mol. The summed E-state index contributed by atoms with van der Waals surface area (Å²) in [6.07, 6.45) is 7.08. The number of benzene rings is 1. The van der Waals surface area contributed by atoms with Gasteiger partial charge < -0.3 is 9.05 Å². The molecule has 1 rings (SSSR count). The van der Waals surface area contributed by atoms with Gasteiger partial charge in [0, 0.05) is 19.2 Å². The van der Waals surface area contributed by atoms with Gasteiger partial charge in [0.25, 0.3) is 8.53 Å². The Labute approximate surface area is 157 Å². The highest BCUT2D eigenvalue weighted by Crippen LogP contribution is 2.45. The van der Waals surface area contributed by atoms with Crippen LogP contribution in [0.5, 0.6) is 0 Å². The summed E-state index contributed by atoms with van der Waals surface area (Å²) >= 11 is 0. The van der Waals surface area contributed by atoms with Gasteiger partial charge in [0.1, 0.15) is 0 Å². The standard InChI is InChI=1S/C21H38NO2P/c1-7-11-20-13-15-21(16-14-20)12-9-8-10-17-24-25(23-6)22(18(2)3)19(4)5/h13-16,18-19H,7-12,17H2,1-6H3. The average molecular weight is 368 g/mol. The van der Waals surface area contributed by atoms with Crippen LogP contribution in [0.3, 0.4) is 0 Å². The summed E-state index contributed by atoms with van der Waals surface area (Å²) in [5.74, 6) is 0. The molecule has 0 fully saturated rings. The van der Waals surface area contributed by atoms with Crippen LogP contribution < -0.4 is 0 Å². The molecule has 0 aromatic heterocycles. The Kier molecular flexibility index (Phi) is 11.6. The number of aryl methyl sites for hydroxylation is 2. The van der Waals surface area contributed by atoms with Gasteiger partial charge in [-0.25, -0.2) is 4.67 Å². The van der Waals surface area contributed by atoms with Gasteiger partial charge in [0.15, 0.2) is 0 Å². The molecule has 1 atom stereocenters. The Morgan fingerprint density at radius 2 is 1.44 bits per heavy atom. The van der Waals surface area contributed by atoms with E-state index in [0.717, 1.165) is 19.4 Å². The van der Waals surface area contributed by atoms with Crippen molar-refractivity contribution in [2.45, 2.75) is 85.2 Å². The summed E-state index contributed by atoms with van der Waals surface area (Å²) in [6, 6.07) is 9.99. The second kappa shape index (κ2) is 12.8. The first-order chi connectivity index (χ1) is 12.0. The van der Waals surface area contributed by atoms with Crippen molar-refractivity contribution < 1.29 is 9.05 Å². The molecule has 0 aliphatic carbocycles. The summed E-state index contributed by atoms with van der Waals surface area (Å²) in [6.45, 7) is 11.8. The zero-order valence-corrected chi connectivity index (χ0v) is 18.0. The molecule has 4 heteroatoms. The molecule has 25 heavy (non-hydrogen) atoms. The molecule has 0 amide bonds. The minimum atomic E-state index is -0.940. The van der Waals surface area contributed by atoms with Gasteiger partial charge in [-0.2, -0.15) is 0 Å². The lowest BCUT2D eigenvalue weighted by Crippen LogP contribution is -2.33. The largest absolute Gasteiger partial charge is 0.325 e. The molecule has 0 radical (unpaired) electrons. The third-order valence-corrected chi connectivity index (χ3v) is 6.29. The van der Waals surface area contributed by atoms with Crippen LogP contribution in [-0.4, -0.2) is 30.5 Å². The van der Waals surface area contributed by atoms with Gasteiger partial charge in [-0.05, 0) is 64.5 Å². The van der Waals surface area contributed by atoms with Gasteiger partial charge in [-0.3, -0.25) is 0 Å². The van der Waals surface area contributed by atoms with Gasteiger partial charge in [0.05, 0.1) is 6.61 Å². The molecule has 1 aromatic carbocycles. The molecule has 0 saturated heterocycles. The van der Waals surface area contributed by atoms with Crippen LogP contribution in [0, 0.1) is 0 Å². The van der Waals surface area contributed by atoms with Gasteiger partial charge in [-0.15, -0.1) is 0 Å². The first-order valence-corrected chi connectivity index (χ1v) is 11.0. The van der Waals surface area contributed by atoms with Crippen molar-refractivity contribution in [3.05, 3.63) is 35.4 Å². The molecular formula is C21H38NO2P. The highest BCUT2D eigenvalue weighted by atomic mass is 31.2. The number of rotatable bonds is 13. The van der Waals surface area contributed by atoms with Crippen molar-refractivity contribution in [3.8, 4) is 0 Å². The maximum absolute atomic E-state index is 6.04. The molecule has 0 aliphatic heterocycles. The molecule has 0 aliphatic rings. The van der Waals surface area contributed by atoms with E-state index in [-0.39, 0.29) is 0 Å². The van der Waals surface area contributed by atoms with Crippen molar-refractivity contribution in [1.82, 2.24) is 4.67 Å². The van der Waals surface area contributed by atoms with E-state index < -0.39 is 8.53 Å². The molecule has 1 aromatic rings. The number of hydrogen-bond donors (Lipinski definition) is 0. The van der Waals surface area contributed by atoms with Gasteiger partial charge >= 0.3 is 0 Å². The summed E-state index contributed by atoms with van der Waals surface area (Å²) < 4.78 is 14.0. The van der Waals surface area contributed by atoms with Crippen molar-refractivity contribution in [2.75, 3.05) is 13.7 Å². The smallest absolute Gasteiger partial charge is 0.258 e. The SMILES string of the molecule is CCCc1ccc(CCCCCOP(OC)N(C(C)C)C(C)C)cc1. The predicted octanol–water partition coefficient (Wildman–Crippen LogP) is 6.36. The summed E-state index contributed by atoms with van der Waals surface area (Å²) in [7, 11) is 0.816. The second-order valence-electron chi connectivity index (χ2n) is 7.20. The van der Waals surface area contributed by atoms with Crippen LogP contribution in [0.2, 0.25) is 0 Å². The van der Waals surface area contributed by atoms with E-state index in [9.17, 15) is 0 Å². The van der Waals surface area contributed by atoms with Crippen LogP contribution in [0.15, 0.2) is 24.3 Å². The van der Waals surface area contributed by atoms with E-state index in [1.54, 1.807) is 7.11 Å². The van der Waals surface area contributed by atoms with Crippen molar-refractivity contribution in [2.24, 2.45) is 0 Å². The van der Waals surface area contributed by atoms with Crippen LogP contribution in [-0.2, 0) is 21.9 Å². The molecule has 0 spiro atoms. The van der Waals surface area contributed by atoms with E-state index in [1.807, 2.05) is 0 Å². The van der Waals surface area contributed by atoms with E-state index in [0.29, 0.717) is 12.1 Å². The highest BCUT2D eigenvalue weighted by Gasteiger charge is 2.25. The van der Waals surface area contributed by atoms with Crippen molar-refractivity contribution in [1.29, 1.82) is 0 Å². The first kappa shape index (κ1) is 22.6. The molecule has 0 heterocycles. The van der Waals surface area contributed by atoms with Crippen LogP contribution in [0.4, 0.5) is 0 Å². The zero-order valence-electron chi connectivity index (χ0n) is 17.1. The highest BCUT2D eigenvalue weighted by molar-refractivity contribution is 7.44.